The molecule has 3 N–H and O–H groups in total. The Morgan fingerprint density at radius 2 is 1.65 bits per heavy atom. The topological polar surface area (TPSA) is 78.4 Å². The summed E-state index contributed by atoms with van der Waals surface area (Å²) in [5, 5.41) is 14.8. The van der Waals surface area contributed by atoms with Crippen LogP contribution in [0.4, 0.5) is 4.79 Å². The molecule has 0 heterocycles. The summed E-state index contributed by atoms with van der Waals surface area (Å²) in [5.41, 5.74) is 0.391. The van der Waals surface area contributed by atoms with Crippen molar-refractivity contribution >= 4 is 12.0 Å². The van der Waals surface area contributed by atoms with Crippen LogP contribution in [0.1, 0.15) is 46.0 Å². The smallest absolute Gasteiger partial charge is 0.314 e. The Morgan fingerprint density at radius 1 is 1.10 bits per heavy atom. The highest BCUT2D eigenvalue weighted by Gasteiger charge is 2.45. The number of carbonyl (C=O) groups excluding carboxylic acids is 1. The van der Waals surface area contributed by atoms with Crippen molar-refractivity contribution < 1.29 is 14.7 Å². The molecule has 2 rings (SSSR count). The number of carboxylic acids is 1. The Kier molecular flexibility index (Phi) is 4.55. The zero-order valence-electron chi connectivity index (χ0n) is 12.4. The maximum atomic E-state index is 11.7. The van der Waals surface area contributed by atoms with E-state index in [0.29, 0.717) is 23.8 Å². The zero-order chi connectivity index (χ0) is 14.8. The molecule has 0 saturated heterocycles. The van der Waals surface area contributed by atoms with Crippen LogP contribution in [0.2, 0.25) is 0 Å². The minimum absolute atomic E-state index is 0.0898. The highest BCUT2D eigenvalue weighted by Crippen LogP contribution is 2.50. The summed E-state index contributed by atoms with van der Waals surface area (Å²) in [5.74, 6) is 0.173. The number of hydrogen-bond acceptors (Lipinski definition) is 2. The van der Waals surface area contributed by atoms with Crippen molar-refractivity contribution in [2.75, 3.05) is 13.1 Å². The molecule has 0 aliphatic heterocycles. The Labute approximate surface area is 120 Å². The van der Waals surface area contributed by atoms with E-state index in [9.17, 15) is 9.59 Å². The van der Waals surface area contributed by atoms with Gasteiger partial charge < -0.3 is 15.7 Å². The summed E-state index contributed by atoms with van der Waals surface area (Å²) in [6, 6.07) is -0.0898. The highest BCUT2D eigenvalue weighted by atomic mass is 16.4. The van der Waals surface area contributed by atoms with E-state index >= 15 is 0 Å². The summed E-state index contributed by atoms with van der Waals surface area (Å²) in [6.07, 6.45) is 4.45. The maximum absolute atomic E-state index is 11.7. The van der Waals surface area contributed by atoms with Crippen LogP contribution in [0.3, 0.4) is 0 Å². The first-order valence-electron chi connectivity index (χ1n) is 7.63. The molecule has 5 nitrogen and oxygen atoms in total. The van der Waals surface area contributed by atoms with Crippen LogP contribution in [0.5, 0.6) is 0 Å². The van der Waals surface area contributed by atoms with Crippen LogP contribution >= 0.6 is 0 Å². The summed E-state index contributed by atoms with van der Waals surface area (Å²) < 4.78 is 0. The molecule has 0 spiro atoms. The molecular weight excluding hydrogens is 256 g/mol. The Balaban J connectivity index is 1.56. The lowest BCUT2D eigenvalue weighted by atomic mass is 9.82. The first kappa shape index (κ1) is 15.1. The van der Waals surface area contributed by atoms with Gasteiger partial charge in [0.25, 0.3) is 0 Å². The number of hydrogen-bond donors (Lipinski definition) is 3. The van der Waals surface area contributed by atoms with Crippen LogP contribution in [0.15, 0.2) is 0 Å². The normalized spacial score (nSPS) is 31.4. The Bertz CT molecular complexity index is 373. The molecule has 1 unspecified atom stereocenters. The minimum Gasteiger partial charge on any atom is -0.481 e. The molecule has 0 aromatic carbocycles. The first-order valence-corrected chi connectivity index (χ1v) is 7.63. The summed E-state index contributed by atoms with van der Waals surface area (Å²) in [6.45, 7) is 5.85. The number of carboxylic acid groups (broad SMARTS) is 1. The fraction of sp³-hybridized carbons (Fsp3) is 0.867. The summed E-state index contributed by atoms with van der Waals surface area (Å²) in [4.78, 5) is 22.5. The van der Waals surface area contributed by atoms with Crippen molar-refractivity contribution in [3.05, 3.63) is 0 Å². The lowest BCUT2D eigenvalue weighted by Gasteiger charge is -2.26. The molecule has 1 atom stereocenters. The minimum atomic E-state index is -0.679. The lowest BCUT2D eigenvalue weighted by molar-refractivity contribution is -0.143. The molecule has 114 valence electrons. The van der Waals surface area contributed by atoms with Gasteiger partial charge in [0.2, 0.25) is 0 Å². The molecule has 2 aliphatic carbocycles. The van der Waals surface area contributed by atoms with Crippen molar-refractivity contribution in [1.82, 2.24) is 10.6 Å². The van der Waals surface area contributed by atoms with E-state index in [1.54, 1.807) is 0 Å². The van der Waals surface area contributed by atoms with Gasteiger partial charge in [-0.1, -0.05) is 13.8 Å². The van der Waals surface area contributed by atoms with E-state index < -0.39 is 5.97 Å². The fourth-order valence-corrected chi connectivity index (χ4v) is 3.05. The molecule has 20 heavy (non-hydrogen) atoms. The molecule has 0 aromatic rings. The van der Waals surface area contributed by atoms with Crippen molar-refractivity contribution in [1.29, 1.82) is 0 Å². The van der Waals surface area contributed by atoms with Crippen LogP contribution in [0, 0.1) is 23.2 Å². The molecule has 0 bridgehead atoms. The average Bonchev–Trinajstić information content (AvgIpc) is 3.02. The summed E-state index contributed by atoms with van der Waals surface area (Å²) in [7, 11) is 0. The van der Waals surface area contributed by atoms with Gasteiger partial charge in [0, 0.05) is 13.1 Å². The number of carbonyl (C=O) groups is 2. The van der Waals surface area contributed by atoms with E-state index in [2.05, 4.69) is 24.5 Å². The van der Waals surface area contributed by atoms with Crippen LogP contribution in [-0.4, -0.2) is 30.2 Å². The van der Waals surface area contributed by atoms with Gasteiger partial charge in [-0.2, -0.15) is 0 Å². The number of rotatable bonds is 5. The lowest BCUT2D eigenvalue weighted by Crippen LogP contribution is -2.40. The number of nitrogens with one attached hydrogen (secondary N) is 2. The van der Waals surface area contributed by atoms with E-state index in [-0.39, 0.29) is 11.9 Å². The largest absolute Gasteiger partial charge is 0.481 e. The van der Waals surface area contributed by atoms with Gasteiger partial charge in [-0.25, -0.2) is 4.79 Å². The predicted molar refractivity (Wildman–Crippen MR) is 76.4 cm³/mol. The van der Waals surface area contributed by atoms with E-state index in [4.69, 9.17) is 5.11 Å². The van der Waals surface area contributed by atoms with E-state index in [0.717, 1.165) is 32.2 Å². The van der Waals surface area contributed by atoms with Crippen molar-refractivity contribution in [2.45, 2.75) is 46.0 Å². The molecule has 5 heteroatoms. The van der Waals surface area contributed by atoms with Gasteiger partial charge in [-0.05, 0) is 49.4 Å². The molecule has 2 saturated carbocycles. The molecule has 2 fully saturated rings. The second kappa shape index (κ2) is 6.02. The fourth-order valence-electron chi connectivity index (χ4n) is 3.05. The molecule has 0 radical (unpaired) electrons. The van der Waals surface area contributed by atoms with Gasteiger partial charge in [-0.15, -0.1) is 0 Å². The Hall–Kier alpha value is -1.26. The summed E-state index contributed by atoms with van der Waals surface area (Å²) >= 11 is 0. The van der Waals surface area contributed by atoms with Crippen LogP contribution in [0.25, 0.3) is 0 Å². The van der Waals surface area contributed by atoms with E-state index in [1.807, 2.05) is 0 Å². The molecule has 2 amide bonds. The van der Waals surface area contributed by atoms with Crippen molar-refractivity contribution in [3.8, 4) is 0 Å². The highest BCUT2D eigenvalue weighted by molar-refractivity contribution is 5.73. The number of amides is 2. The van der Waals surface area contributed by atoms with Gasteiger partial charge >= 0.3 is 12.0 Å². The molecular formula is C15H26N2O3. The van der Waals surface area contributed by atoms with Gasteiger partial charge in [0.15, 0.2) is 0 Å². The predicted octanol–water partition coefficient (Wildman–Crippen LogP) is 2.22. The van der Waals surface area contributed by atoms with Crippen LogP contribution in [-0.2, 0) is 4.79 Å². The van der Waals surface area contributed by atoms with E-state index in [1.165, 1.54) is 6.42 Å². The van der Waals surface area contributed by atoms with Gasteiger partial charge in [0.1, 0.15) is 0 Å². The van der Waals surface area contributed by atoms with Crippen molar-refractivity contribution in [2.24, 2.45) is 23.2 Å². The second-order valence-corrected chi connectivity index (χ2v) is 7.04. The standard InChI is InChI=1S/C15H26N2O3/c1-15(2)7-12(15)9-17-14(20)16-8-10-3-5-11(6-4-10)13(18)19/h10-12H,3-9H2,1-2H3,(H,18,19)(H2,16,17,20). The molecule has 2 aliphatic rings. The zero-order valence-corrected chi connectivity index (χ0v) is 12.4. The average molecular weight is 282 g/mol. The molecule has 0 aromatic heterocycles. The van der Waals surface area contributed by atoms with Crippen molar-refractivity contribution in [3.63, 3.8) is 0 Å². The first-order chi connectivity index (χ1) is 9.38. The number of urea groups is 1. The van der Waals surface area contributed by atoms with Crippen LogP contribution < -0.4 is 10.6 Å². The third kappa shape index (κ3) is 4.12. The Morgan fingerprint density at radius 3 is 2.15 bits per heavy atom. The van der Waals surface area contributed by atoms with Gasteiger partial charge in [-0.3, -0.25) is 4.79 Å². The second-order valence-electron chi connectivity index (χ2n) is 7.04. The van der Waals surface area contributed by atoms with Gasteiger partial charge in [0.05, 0.1) is 5.92 Å². The SMILES string of the molecule is CC1(C)CC1CNC(=O)NCC1CCC(C(=O)O)CC1. The quantitative estimate of drug-likeness (QED) is 0.723. The third-order valence-electron chi connectivity index (χ3n) is 4.97. The number of aliphatic carboxylic acids is 1. The monoisotopic (exact) mass is 282 g/mol. The maximum Gasteiger partial charge on any atom is 0.314 e. The third-order valence-corrected chi connectivity index (χ3v) is 4.97.